The number of hydrogen-bond donors (Lipinski definition) is 1. The van der Waals surface area contributed by atoms with Crippen molar-refractivity contribution in [2.24, 2.45) is 0 Å². The van der Waals surface area contributed by atoms with E-state index in [4.69, 9.17) is 0 Å². The summed E-state index contributed by atoms with van der Waals surface area (Å²) in [5.74, 6) is 0. The molecule has 3 heteroatoms. The van der Waals surface area contributed by atoms with Gasteiger partial charge in [-0.05, 0) is 82.4 Å². The van der Waals surface area contributed by atoms with Crippen LogP contribution in [0.3, 0.4) is 0 Å². The molecule has 202 valence electrons. The van der Waals surface area contributed by atoms with E-state index in [1.807, 2.05) is 0 Å². The molecule has 1 aliphatic rings. The van der Waals surface area contributed by atoms with Gasteiger partial charge in [-0.3, -0.25) is 0 Å². The average Bonchev–Trinajstić information content (AvgIpc) is 3.41. The van der Waals surface area contributed by atoms with E-state index in [2.05, 4.69) is 173 Å². The summed E-state index contributed by atoms with van der Waals surface area (Å²) in [6, 6.07) is 48.5. The first-order valence-corrected chi connectivity index (χ1v) is 15.2. The Balaban J connectivity index is 1.36. The van der Waals surface area contributed by atoms with Crippen molar-refractivity contribution >= 4 is 54.8 Å². The molecule has 0 spiro atoms. The number of aromatic amines is 1. The number of halogens is 1. The molecule has 0 unspecified atom stereocenters. The SMILES string of the molecule is CC1(C)c2cc(-c3ccccc3)ccc2N(c2ccc(Br)cc2)c2ccc(-c3cccc4c3[nH]c3ccccc34)cc21. The lowest BCUT2D eigenvalue weighted by Crippen LogP contribution is -2.30. The molecule has 0 saturated carbocycles. The number of nitrogens with one attached hydrogen (secondary N) is 1. The van der Waals surface area contributed by atoms with Gasteiger partial charge in [0.1, 0.15) is 0 Å². The van der Waals surface area contributed by atoms with Crippen LogP contribution in [0.4, 0.5) is 17.1 Å². The molecule has 0 atom stereocenters. The summed E-state index contributed by atoms with van der Waals surface area (Å²) >= 11 is 3.63. The number of nitrogens with zero attached hydrogens (tertiary/aromatic N) is 1. The zero-order chi connectivity index (χ0) is 28.4. The van der Waals surface area contributed by atoms with E-state index in [-0.39, 0.29) is 5.41 Å². The molecule has 0 radical (unpaired) electrons. The molecule has 0 saturated heterocycles. The van der Waals surface area contributed by atoms with Crippen molar-refractivity contribution in [3.8, 4) is 22.3 Å². The average molecular weight is 606 g/mol. The van der Waals surface area contributed by atoms with E-state index >= 15 is 0 Å². The second-order valence-electron chi connectivity index (χ2n) is 11.7. The first kappa shape index (κ1) is 25.1. The van der Waals surface area contributed by atoms with Crippen LogP contribution < -0.4 is 4.90 Å². The normalized spacial score (nSPS) is 13.7. The quantitative estimate of drug-likeness (QED) is 0.212. The number of H-pyrrole nitrogens is 1. The van der Waals surface area contributed by atoms with Crippen LogP contribution in [-0.4, -0.2) is 4.98 Å². The van der Waals surface area contributed by atoms with Crippen LogP contribution in [0.25, 0.3) is 44.1 Å². The summed E-state index contributed by atoms with van der Waals surface area (Å²) < 4.78 is 1.07. The maximum atomic E-state index is 3.71. The van der Waals surface area contributed by atoms with E-state index in [1.165, 1.54) is 66.6 Å². The molecule has 1 aliphatic heterocycles. The molecular formula is C39H29BrN2. The summed E-state index contributed by atoms with van der Waals surface area (Å²) in [6.45, 7) is 4.73. The van der Waals surface area contributed by atoms with Crippen LogP contribution in [0.5, 0.6) is 0 Å². The number of para-hydroxylation sites is 2. The van der Waals surface area contributed by atoms with Gasteiger partial charge in [0.05, 0.1) is 16.9 Å². The van der Waals surface area contributed by atoms with Crippen LogP contribution >= 0.6 is 15.9 Å². The minimum absolute atomic E-state index is 0.217. The number of aromatic nitrogens is 1. The topological polar surface area (TPSA) is 19.0 Å². The number of rotatable bonds is 3. The fraction of sp³-hybridized carbons (Fsp3) is 0.0769. The lowest BCUT2D eigenvalue weighted by Gasteiger charge is -2.42. The van der Waals surface area contributed by atoms with Crippen LogP contribution in [0, 0.1) is 0 Å². The Bertz CT molecular complexity index is 2120. The molecule has 42 heavy (non-hydrogen) atoms. The molecule has 8 rings (SSSR count). The highest BCUT2D eigenvalue weighted by molar-refractivity contribution is 9.10. The van der Waals surface area contributed by atoms with Gasteiger partial charge in [0.25, 0.3) is 0 Å². The summed E-state index contributed by atoms with van der Waals surface area (Å²) in [7, 11) is 0. The predicted molar refractivity (Wildman–Crippen MR) is 181 cm³/mol. The third-order valence-corrected chi connectivity index (χ3v) is 9.39. The highest BCUT2D eigenvalue weighted by Crippen LogP contribution is 2.53. The van der Waals surface area contributed by atoms with Crippen molar-refractivity contribution in [1.82, 2.24) is 4.98 Å². The van der Waals surface area contributed by atoms with E-state index in [9.17, 15) is 0 Å². The van der Waals surface area contributed by atoms with Crippen LogP contribution in [-0.2, 0) is 5.41 Å². The third kappa shape index (κ3) is 3.84. The molecule has 2 heterocycles. The van der Waals surface area contributed by atoms with Crippen molar-refractivity contribution in [2.75, 3.05) is 4.90 Å². The van der Waals surface area contributed by atoms with Crippen LogP contribution in [0.1, 0.15) is 25.0 Å². The summed E-state index contributed by atoms with van der Waals surface area (Å²) in [4.78, 5) is 6.13. The zero-order valence-corrected chi connectivity index (χ0v) is 25.1. The zero-order valence-electron chi connectivity index (χ0n) is 23.5. The van der Waals surface area contributed by atoms with Crippen molar-refractivity contribution in [3.63, 3.8) is 0 Å². The van der Waals surface area contributed by atoms with Gasteiger partial charge >= 0.3 is 0 Å². The fourth-order valence-electron chi connectivity index (χ4n) is 6.70. The minimum Gasteiger partial charge on any atom is -0.354 e. The molecule has 0 amide bonds. The van der Waals surface area contributed by atoms with Gasteiger partial charge in [-0.1, -0.05) is 109 Å². The maximum absolute atomic E-state index is 3.71. The Morgan fingerprint density at radius 1 is 0.571 bits per heavy atom. The number of benzene rings is 6. The Morgan fingerprint density at radius 3 is 1.98 bits per heavy atom. The molecule has 6 aromatic carbocycles. The Labute approximate surface area is 254 Å². The van der Waals surface area contributed by atoms with Gasteiger partial charge < -0.3 is 9.88 Å². The van der Waals surface area contributed by atoms with E-state index in [0.29, 0.717) is 0 Å². The number of fused-ring (bicyclic) bond motifs is 5. The summed E-state index contributed by atoms with van der Waals surface area (Å²) in [5, 5.41) is 2.52. The molecule has 7 aromatic rings. The number of hydrogen-bond acceptors (Lipinski definition) is 1. The largest absolute Gasteiger partial charge is 0.354 e. The van der Waals surface area contributed by atoms with E-state index in [0.717, 1.165) is 10.2 Å². The van der Waals surface area contributed by atoms with Crippen LogP contribution in [0.15, 0.2) is 138 Å². The highest BCUT2D eigenvalue weighted by Gasteiger charge is 2.37. The fourth-order valence-corrected chi connectivity index (χ4v) is 6.96. The molecule has 0 fully saturated rings. The smallest absolute Gasteiger partial charge is 0.0544 e. The number of anilines is 3. The first-order valence-electron chi connectivity index (χ1n) is 14.4. The van der Waals surface area contributed by atoms with Crippen molar-refractivity contribution in [3.05, 3.63) is 149 Å². The Kier molecular flexibility index (Phi) is 5.67. The van der Waals surface area contributed by atoms with Crippen LogP contribution in [0.2, 0.25) is 0 Å². The van der Waals surface area contributed by atoms with Gasteiger partial charge in [0.15, 0.2) is 0 Å². The van der Waals surface area contributed by atoms with E-state index in [1.54, 1.807) is 0 Å². The molecule has 2 nitrogen and oxygen atoms in total. The molecule has 0 aliphatic carbocycles. The first-order chi connectivity index (χ1) is 20.5. The Morgan fingerprint density at radius 2 is 1.21 bits per heavy atom. The van der Waals surface area contributed by atoms with Crippen molar-refractivity contribution < 1.29 is 0 Å². The van der Waals surface area contributed by atoms with E-state index < -0.39 is 0 Å². The van der Waals surface area contributed by atoms with Crippen molar-refractivity contribution in [2.45, 2.75) is 19.3 Å². The minimum atomic E-state index is -0.217. The molecule has 0 bridgehead atoms. The summed E-state index contributed by atoms with van der Waals surface area (Å²) in [5.41, 5.74) is 13.3. The lowest BCUT2D eigenvalue weighted by molar-refractivity contribution is 0.632. The highest BCUT2D eigenvalue weighted by atomic mass is 79.9. The van der Waals surface area contributed by atoms with Gasteiger partial charge in [-0.2, -0.15) is 0 Å². The summed E-state index contributed by atoms with van der Waals surface area (Å²) in [6.07, 6.45) is 0. The standard InChI is InChI=1S/C39H29BrN2/c1-39(2)33-23-26(25-9-4-3-5-10-25)15-21-36(33)42(29-19-17-28(40)18-20-29)37-22-16-27(24-34(37)39)30-12-8-13-32-31-11-6-7-14-35(31)41-38(30)32/h3-24,41H,1-2H3. The van der Waals surface area contributed by atoms with Gasteiger partial charge in [-0.25, -0.2) is 0 Å². The van der Waals surface area contributed by atoms with Crippen molar-refractivity contribution in [1.29, 1.82) is 0 Å². The predicted octanol–water partition coefficient (Wildman–Crippen LogP) is 11.5. The molecule has 1 aromatic heterocycles. The van der Waals surface area contributed by atoms with Gasteiger partial charge in [0, 0.05) is 37.4 Å². The third-order valence-electron chi connectivity index (χ3n) is 8.87. The second-order valence-corrected chi connectivity index (χ2v) is 12.6. The lowest BCUT2D eigenvalue weighted by atomic mass is 9.72. The molecular weight excluding hydrogens is 576 g/mol. The molecule has 1 N–H and O–H groups in total. The Hall–Kier alpha value is -4.60. The second kappa shape index (κ2) is 9.47. The van der Waals surface area contributed by atoms with Gasteiger partial charge in [-0.15, -0.1) is 0 Å². The monoisotopic (exact) mass is 604 g/mol. The maximum Gasteiger partial charge on any atom is 0.0544 e. The van der Waals surface area contributed by atoms with Gasteiger partial charge in [0.2, 0.25) is 0 Å².